The Labute approximate surface area is 128 Å². The maximum absolute atomic E-state index is 11.0. The number of hydrogen-bond donors (Lipinski definition) is 1. The van der Waals surface area contributed by atoms with Crippen LogP contribution in [0.25, 0.3) is 10.4 Å². The second-order valence-corrected chi connectivity index (χ2v) is 6.62. The summed E-state index contributed by atoms with van der Waals surface area (Å²) < 4.78 is 0. The van der Waals surface area contributed by atoms with E-state index in [1.54, 1.807) is 23.5 Å². The van der Waals surface area contributed by atoms with Crippen LogP contribution >= 0.6 is 11.3 Å². The average molecular weight is 301 g/mol. The number of nitrogens with zero attached hydrogens (tertiary/aromatic N) is 1. The highest BCUT2D eigenvalue weighted by atomic mass is 32.1. The summed E-state index contributed by atoms with van der Waals surface area (Å²) in [5.41, 5.74) is 2.66. The van der Waals surface area contributed by atoms with Gasteiger partial charge in [0.15, 0.2) is 0 Å². The SMILES string of the molecule is CCc1nc(C2CCCC2)c(-c2ccc(C(=O)O)cc2)s1. The Hall–Kier alpha value is -1.68. The van der Waals surface area contributed by atoms with E-state index in [1.165, 1.54) is 41.3 Å². The molecular weight excluding hydrogens is 282 g/mol. The van der Waals surface area contributed by atoms with Gasteiger partial charge >= 0.3 is 5.97 Å². The monoisotopic (exact) mass is 301 g/mol. The van der Waals surface area contributed by atoms with E-state index in [0.717, 1.165) is 12.0 Å². The van der Waals surface area contributed by atoms with Crippen molar-refractivity contribution < 1.29 is 9.90 Å². The lowest BCUT2D eigenvalue weighted by Gasteiger charge is -2.09. The maximum Gasteiger partial charge on any atom is 0.335 e. The lowest BCUT2D eigenvalue weighted by atomic mass is 9.99. The van der Waals surface area contributed by atoms with Crippen molar-refractivity contribution >= 4 is 17.3 Å². The first-order chi connectivity index (χ1) is 10.2. The van der Waals surface area contributed by atoms with Crippen molar-refractivity contribution in [3.8, 4) is 10.4 Å². The van der Waals surface area contributed by atoms with E-state index in [4.69, 9.17) is 10.1 Å². The summed E-state index contributed by atoms with van der Waals surface area (Å²) in [4.78, 5) is 17.0. The molecule has 0 unspecified atom stereocenters. The van der Waals surface area contributed by atoms with Gasteiger partial charge < -0.3 is 5.11 Å². The summed E-state index contributed by atoms with van der Waals surface area (Å²) in [7, 11) is 0. The first-order valence-electron chi connectivity index (χ1n) is 7.52. The lowest BCUT2D eigenvalue weighted by Crippen LogP contribution is -1.97. The number of thiazole rings is 1. The molecular formula is C17H19NO2S. The molecule has 4 heteroatoms. The van der Waals surface area contributed by atoms with E-state index in [1.807, 2.05) is 12.1 Å². The highest BCUT2D eigenvalue weighted by Gasteiger charge is 2.24. The van der Waals surface area contributed by atoms with E-state index < -0.39 is 5.97 Å². The van der Waals surface area contributed by atoms with Crippen LogP contribution in [0, 0.1) is 0 Å². The molecule has 0 radical (unpaired) electrons. The van der Waals surface area contributed by atoms with Crippen LogP contribution in [-0.2, 0) is 6.42 Å². The second kappa shape index (κ2) is 5.98. The average Bonchev–Trinajstić information content (AvgIpc) is 3.16. The third-order valence-corrected chi connectivity index (χ3v) is 5.40. The molecule has 1 aliphatic carbocycles. The molecule has 1 N–H and O–H groups in total. The number of benzene rings is 1. The number of carbonyl (C=O) groups is 1. The third-order valence-electron chi connectivity index (χ3n) is 4.14. The van der Waals surface area contributed by atoms with Crippen molar-refractivity contribution in [3.05, 3.63) is 40.5 Å². The number of carboxylic acid groups (broad SMARTS) is 1. The molecule has 0 saturated heterocycles. The highest BCUT2D eigenvalue weighted by molar-refractivity contribution is 7.15. The maximum atomic E-state index is 11.0. The Kier molecular flexibility index (Phi) is 4.06. The molecule has 1 fully saturated rings. The predicted octanol–water partition coefficient (Wildman–Crippen LogP) is 4.73. The first-order valence-corrected chi connectivity index (χ1v) is 8.34. The van der Waals surface area contributed by atoms with Gasteiger partial charge in [-0.2, -0.15) is 0 Å². The molecule has 1 aromatic heterocycles. The van der Waals surface area contributed by atoms with Gasteiger partial charge in [-0.3, -0.25) is 0 Å². The molecule has 0 spiro atoms. The fourth-order valence-electron chi connectivity index (χ4n) is 2.98. The smallest absolute Gasteiger partial charge is 0.335 e. The van der Waals surface area contributed by atoms with Gasteiger partial charge in [0, 0.05) is 5.92 Å². The number of carboxylic acids is 1. The zero-order valence-electron chi connectivity index (χ0n) is 12.1. The minimum Gasteiger partial charge on any atom is -0.478 e. The van der Waals surface area contributed by atoms with E-state index >= 15 is 0 Å². The second-order valence-electron chi connectivity index (χ2n) is 5.54. The Bertz CT molecular complexity index is 639. The summed E-state index contributed by atoms with van der Waals surface area (Å²) in [6, 6.07) is 7.19. The summed E-state index contributed by atoms with van der Waals surface area (Å²) >= 11 is 1.76. The van der Waals surface area contributed by atoms with Crippen molar-refractivity contribution in [2.75, 3.05) is 0 Å². The van der Waals surface area contributed by atoms with Crippen molar-refractivity contribution in [2.24, 2.45) is 0 Å². The van der Waals surface area contributed by atoms with Gasteiger partial charge in [0.25, 0.3) is 0 Å². The molecule has 0 bridgehead atoms. The molecule has 1 saturated carbocycles. The van der Waals surface area contributed by atoms with Crippen LogP contribution in [0.15, 0.2) is 24.3 Å². The van der Waals surface area contributed by atoms with E-state index in [0.29, 0.717) is 11.5 Å². The molecule has 1 aliphatic rings. The van der Waals surface area contributed by atoms with Crippen molar-refractivity contribution in [1.29, 1.82) is 0 Å². The van der Waals surface area contributed by atoms with Crippen LogP contribution in [0.2, 0.25) is 0 Å². The van der Waals surface area contributed by atoms with Gasteiger partial charge in [0.05, 0.1) is 21.1 Å². The number of rotatable bonds is 4. The summed E-state index contributed by atoms with van der Waals surface area (Å²) in [5, 5.41) is 10.2. The zero-order chi connectivity index (χ0) is 14.8. The van der Waals surface area contributed by atoms with Gasteiger partial charge in [-0.1, -0.05) is 31.9 Å². The third kappa shape index (κ3) is 2.86. The molecule has 21 heavy (non-hydrogen) atoms. The molecule has 110 valence electrons. The van der Waals surface area contributed by atoms with Crippen LogP contribution in [0.5, 0.6) is 0 Å². The van der Waals surface area contributed by atoms with Gasteiger partial charge in [-0.05, 0) is 37.0 Å². The molecule has 3 nitrogen and oxygen atoms in total. The normalized spacial score (nSPS) is 15.5. The molecule has 0 atom stereocenters. The Morgan fingerprint density at radius 3 is 2.52 bits per heavy atom. The number of aromatic nitrogens is 1. The number of hydrogen-bond acceptors (Lipinski definition) is 3. The molecule has 1 aromatic carbocycles. The summed E-state index contributed by atoms with van der Waals surface area (Å²) in [6.07, 6.45) is 6.00. The van der Waals surface area contributed by atoms with Crippen LogP contribution in [0.3, 0.4) is 0 Å². The van der Waals surface area contributed by atoms with Gasteiger partial charge in [-0.25, -0.2) is 9.78 Å². The van der Waals surface area contributed by atoms with Crippen LogP contribution in [-0.4, -0.2) is 16.1 Å². The minimum absolute atomic E-state index is 0.335. The molecule has 0 aliphatic heterocycles. The quantitative estimate of drug-likeness (QED) is 0.888. The van der Waals surface area contributed by atoms with Crippen LogP contribution < -0.4 is 0 Å². The minimum atomic E-state index is -0.879. The predicted molar refractivity (Wildman–Crippen MR) is 85.1 cm³/mol. The highest BCUT2D eigenvalue weighted by Crippen LogP contribution is 2.41. The van der Waals surface area contributed by atoms with E-state index in [9.17, 15) is 4.79 Å². The topological polar surface area (TPSA) is 50.2 Å². The zero-order valence-corrected chi connectivity index (χ0v) is 12.9. The van der Waals surface area contributed by atoms with Crippen molar-refractivity contribution in [1.82, 2.24) is 4.98 Å². The molecule has 2 aromatic rings. The first kappa shape index (κ1) is 14.3. The van der Waals surface area contributed by atoms with Gasteiger partial charge in [-0.15, -0.1) is 11.3 Å². The van der Waals surface area contributed by atoms with Crippen LogP contribution in [0.1, 0.15) is 59.6 Å². The fraction of sp³-hybridized carbons (Fsp3) is 0.412. The Morgan fingerprint density at radius 2 is 1.95 bits per heavy atom. The fourth-order valence-corrected chi connectivity index (χ4v) is 4.07. The Morgan fingerprint density at radius 1 is 1.29 bits per heavy atom. The molecule has 3 rings (SSSR count). The van der Waals surface area contributed by atoms with Gasteiger partial charge in [0.1, 0.15) is 0 Å². The van der Waals surface area contributed by atoms with Gasteiger partial charge in [0.2, 0.25) is 0 Å². The standard InChI is InChI=1S/C17H19NO2S/c1-2-14-18-15(11-5-3-4-6-11)16(21-14)12-7-9-13(10-8-12)17(19)20/h7-11H,2-6H2,1H3,(H,19,20). The van der Waals surface area contributed by atoms with Crippen molar-refractivity contribution in [2.45, 2.75) is 44.9 Å². The van der Waals surface area contributed by atoms with Crippen molar-refractivity contribution in [3.63, 3.8) is 0 Å². The number of aromatic carboxylic acids is 1. The molecule has 0 amide bonds. The Balaban J connectivity index is 1.99. The van der Waals surface area contributed by atoms with E-state index in [2.05, 4.69) is 6.92 Å². The summed E-state index contributed by atoms with van der Waals surface area (Å²) in [6.45, 7) is 2.13. The lowest BCUT2D eigenvalue weighted by molar-refractivity contribution is 0.0697. The largest absolute Gasteiger partial charge is 0.478 e. The van der Waals surface area contributed by atoms with Crippen LogP contribution in [0.4, 0.5) is 0 Å². The summed E-state index contributed by atoms with van der Waals surface area (Å²) in [5.74, 6) is -0.299. The molecule has 1 heterocycles. The number of aryl methyl sites for hydroxylation is 1. The van der Waals surface area contributed by atoms with E-state index in [-0.39, 0.29) is 0 Å².